The number of amides is 1. The molecule has 2 rings (SSSR count). The fourth-order valence-corrected chi connectivity index (χ4v) is 2.98. The second-order valence-electron chi connectivity index (χ2n) is 4.35. The number of hydrogen-bond donors (Lipinski definition) is 0. The van der Waals surface area contributed by atoms with Crippen molar-refractivity contribution in [3.05, 3.63) is 72.3 Å². The normalized spacial score (nSPS) is 10.1. The molecule has 0 unspecified atom stereocenters. The van der Waals surface area contributed by atoms with Gasteiger partial charge < -0.3 is 4.90 Å². The molecule has 0 N–H and O–H groups in total. The Morgan fingerprint density at radius 1 is 1.14 bits per heavy atom. The van der Waals surface area contributed by atoms with Crippen molar-refractivity contribution in [2.45, 2.75) is 4.90 Å². The van der Waals surface area contributed by atoms with Gasteiger partial charge in [0.2, 0.25) is 5.91 Å². The summed E-state index contributed by atoms with van der Waals surface area (Å²) in [4.78, 5) is 15.1. The quantitative estimate of drug-likeness (QED) is 0.571. The van der Waals surface area contributed by atoms with E-state index in [1.165, 1.54) is 11.8 Å². The second kappa shape index (κ2) is 7.91. The number of halogens is 1. The Kier molecular flexibility index (Phi) is 5.90. The van der Waals surface area contributed by atoms with Gasteiger partial charge in [-0.05, 0) is 24.3 Å². The van der Waals surface area contributed by atoms with E-state index >= 15 is 0 Å². The van der Waals surface area contributed by atoms with Crippen LogP contribution in [0.4, 0.5) is 5.69 Å². The van der Waals surface area contributed by atoms with Crippen LogP contribution in [0.1, 0.15) is 0 Å². The number of carbonyl (C=O) groups excluding carboxylic acids is 1. The average molecular weight is 318 g/mol. The van der Waals surface area contributed by atoms with Crippen molar-refractivity contribution in [3.63, 3.8) is 0 Å². The zero-order chi connectivity index (χ0) is 15.1. The zero-order valence-electron chi connectivity index (χ0n) is 11.5. The van der Waals surface area contributed by atoms with Crippen LogP contribution in [0.2, 0.25) is 5.02 Å². The standard InChI is InChI=1S/C17H16ClNOS/c1-2-12-19(14-8-4-3-5-9-14)17(20)13-21-16-11-7-6-10-15(16)18/h2-11H,1,12-13H2. The molecule has 108 valence electrons. The lowest BCUT2D eigenvalue weighted by Crippen LogP contribution is -2.32. The molecular weight excluding hydrogens is 302 g/mol. The van der Waals surface area contributed by atoms with Gasteiger partial charge in [0.25, 0.3) is 0 Å². The Labute approximate surface area is 134 Å². The number of carbonyl (C=O) groups is 1. The van der Waals surface area contributed by atoms with Crippen molar-refractivity contribution < 1.29 is 4.79 Å². The second-order valence-corrected chi connectivity index (χ2v) is 5.77. The monoisotopic (exact) mass is 317 g/mol. The highest BCUT2D eigenvalue weighted by Crippen LogP contribution is 2.27. The molecule has 0 saturated carbocycles. The Morgan fingerprint density at radius 2 is 1.81 bits per heavy atom. The maximum Gasteiger partial charge on any atom is 0.237 e. The number of hydrogen-bond acceptors (Lipinski definition) is 2. The molecule has 0 fully saturated rings. The van der Waals surface area contributed by atoms with Gasteiger partial charge in [0.1, 0.15) is 0 Å². The smallest absolute Gasteiger partial charge is 0.237 e. The zero-order valence-corrected chi connectivity index (χ0v) is 13.1. The van der Waals surface area contributed by atoms with Gasteiger partial charge in [0, 0.05) is 17.1 Å². The average Bonchev–Trinajstić information content (AvgIpc) is 2.52. The van der Waals surface area contributed by atoms with Crippen molar-refractivity contribution in [1.82, 2.24) is 0 Å². The van der Waals surface area contributed by atoms with Crippen LogP contribution in [0.3, 0.4) is 0 Å². The first-order valence-electron chi connectivity index (χ1n) is 6.56. The van der Waals surface area contributed by atoms with E-state index in [2.05, 4.69) is 6.58 Å². The summed E-state index contributed by atoms with van der Waals surface area (Å²) in [6.45, 7) is 4.21. The van der Waals surface area contributed by atoms with E-state index in [-0.39, 0.29) is 5.91 Å². The van der Waals surface area contributed by atoms with E-state index in [1.54, 1.807) is 11.0 Å². The van der Waals surface area contributed by atoms with Crippen molar-refractivity contribution >= 4 is 35.0 Å². The van der Waals surface area contributed by atoms with Gasteiger partial charge in [-0.15, -0.1) is 18.3 Å². The van der Waals surface area contributed by atoms with Gasteiger partial charge in [0.15, 0.2) is 0 Å². The van der Waals surface area contributed by atoms with Gasteiger partial charge in [0.05, 0.1) is 10.8 Å². The molecule has 0 aliphatic heterocycles. The maximum absolute atomic E-state index is 12.4. The first-order valence-corrected chi connectivity index (χ1v) is 7.92. The summed E-state index contributed by atoms with van der Waals surface area (Å²) in [5.74, 6) is 0.373. The van der Waals surface area contributed by atoms with Crippen LogP contribution in [0, 0.1) is 0 Å². The van der Waals surface area contributed by atoms with Gasteiger partial charge in [-0.1, -0.05) is 48.0 Å². The lowest BCUT2D eigenvalue weighted by molar-refractivity contribution is -0.116. The molecule has 0 spiro atoms. The predicted octanol–water partition coefficient (Wildman–Crippen LogP) is 4.65. The van der Waals surface area contributed by atoms with E-state index in [0.717, 1.165) is 10.6 Å². The number of anilines is 1. The van der Waals surface area contributed by atoms with Crippen LogP contribution in [0.5, 0.6) is 0 Å². The molecule has 2 aromatic carbocycles. The fraction of sp³-hybridized carbons (Fsp3) is 0.118. The highest BCUT2D eigenvalue weighted by Gasteiger charge is 2.14. The third-order valence-corrected chi connectivity index (χ3v) is 4.37. The first kappa shape index (κ1) is 15.7. The van der Waals surface area contributed by atoms with Gasteiger partial charge in [-0.25, -0.2) is 0 Å². The van der Waals surface area contributed by atoms with Gasteiger partial charge in [-0.3, -0.25) is 4.79 Å². The van der Waals surface area contributed by atoms with Crippen molar-refractivity contribution in [2.75, 3.05) is 17.2 Å². The maximum atomic E-state index is 12.4. The molecular formula is C17H16ClNOS. The summed E-state index contributed by atoms with van der Waals surface area (Å²) in [6, 6.07) is 17.1. The topological polar surface area (TPSA) is 20.3 Å². The van der Waals surface area contributed by atoms with Crippen LogP contribution in [0.25, 0.3) is 0 Å². The summed E-state index contributed by atoms with van der Waals surface area (Å²) >= 11 is 7.55. The van der Waals surface area contributed by atoms with E-state index < -0.39 is 0 Å². The van der Waals surface area contributed by atoms with Crippen LogP contribution >= 0.6 is 23.4 Å². The summed E-state index contributed by atoms with van der Waals surface area (Å²) in [5, 5.41) is 0.672. The lowest BCUT2D eigenvalue weighted by atomic mass is 10.3. The van der Waals surface area contributed by atoms with E-state index in [4.69, 9.17) is 11.6 Å². The van der Waals surface area contributed by atoms with Crippen molar-refractivity contribution in [3.8, 4) is 0 Å². The highest BCUT2D eigenvalue weighted by atomic mass is 35.5. The Bertz CT molecular complexity index is 615. The minimum absolute atomic E-state index is 0.0334. The first-order chi connectivity index (χ1) is 10.2. The molecule has 0 saturated heterocycles. The molecule has 0 heterocycles. The molecule has 0 radical (unpaired) electrons. The molecule has 0 bridgehead atoms. The van der Waals surface area contributed by atoms with Crippen LogP contribution < -0.4 is 4.90 Å². The van der Waals surface area contributed by atoms with E-state index in [9.17, 15) is 4.79 Å². The van der Waals surface area contributed by atoms with Crippen molar-refractivity contribution in [2.24, 2.45) is 0 Å². The molecule has 4 heteroatoms. The summed E-state index contributed by atoms with van der Waals surface area (Å²) in [5.41, 5.74) is 0.877. The van der Waals surface area contributed by atoms with Crippen LogP contribution in [-0.2, 0) is 4.79 Å². The van der Waals surface area contributed by atoms with E-state index in [1.807, 2.05) is 54.6 Å². The SMILES string of the molecule is C=CCN(C(=O)CSc1ccccc1Cl)c1ccccc1. The minimum atomic E-state index is 0.0334. The summed E-state index contributed by atoms with van der Waals surface area (Å²) < 4.78 is 0. The van der Waals surface area contributed by atoms with Gasteiger partial charge in [-0.2, -0.15) is 0 Å². The summed E-state index contributed by atoms with van der Waals surface area (Å²) in [7, 11) is 0. The number of thioether (sulfide) groups is 1. The third kappa shape index (κ3) is 4.38. The fourth-order valence-electron chi connectivity index (χ4n) is 1.87. The molecule has 0 aromatic heterocycles. The van der Waals surface area contributed by atoms with Gasteiger partial charge >= 0.3 is 0 Å². The largest absolute Gasteiger partial charge is 0.308 e. The van der Waals surface area contributed by atoms with E-state index in [0.29, 0.717) is 17.3 Å². The number of benzene rings is 2. The van der Waals surface area contributed by atoms with Crippen molar-refractivity contribution in [1.29, 1.82) is 0 Å². The minimum Gasteiger partial charge on any atom is -0.308 e. The molecule has 2 aromatic rings. The molecule has 2 nitrogen and oxygen atoms in total. The Morgan fingerprint density at radius 3 is 2.48 bits per heavy atom. The highest BCUT2D eigenvalue weighted by molar-refractivity contribution is 8.00. The van der Waals surface area contributed by atoms with Crippen LogP contribution in [-0.4, -0.2) is 18.2 Å². The summed E-state index contributed by atoms with van der Waals surface area (Å²) in [6.07, 6.45) is 1.73. The lowest BCUT2D eigenvalue weighted by Gasteiger charge is -2.21. The number of rotatable bonds is 6. The molecule has 21 heavy (non-hydrogen) atoms. The third-order valence-electron chi connectivity index (χ3n) is 2.87. The van der Waals surface area contributed by atoms with Crippen LogP contribution in [0.15, 0.2) is 72.1 Å². The number of para-hydroxylation sites is 1. The molecule has 0 aliphatic rings. The number of nitrogens with zero attached hydrogens (tertiary/aromatic N) is 1. The Balaban J connectivity index is 2.06. The molecule has 1 amide bonds. The Hall–Kier alpha value is -1.71. The molecule has 0 atom stereocenters. The predicted molar refractivity (Wildman–Crippen MR) is 91.2 cm³/mol. The molecule has 0 aliphatic carbocycles.